The molecule has 6 fully saturated rings. The Morgan fingerprint density at radius 2 is 0.973 bits per heavy atom. The third-order valence-corrected chi connectivity index (χ3v) is 23.4. The lowest BCUT2D eigenvalue weighted by Gasteiger charge is -2.58. The van der Waals surface area contributed by atoms with E-state index in [0.717, 1.165) is 116 Å². The molecule has 8 aliphatic rings. The number of allylic oxidation sites excluding steroid dienone is 4. The summed E-state index contributed by atoms with van der Waals surface area (Å²) in [4.78, 5) is 25.1. The molecule has 75 heavy (non-hydrogen) atoms. The molecule has 8 rings (SSSR count). The number of carbonyl (C=O) groups is 2. The first kappa shape index (κ1) is 60.7. The number of fused-ring (bicyclic) bond motifs is 10. The molecule has 0 aromatic carbocycles. The molecule has 9 nitrogen and oxygen atoms in total. The average molecular weight is 1170 g/mol. The lowest BCUT2D eigenvalue weighted by Crippen LogP contribution is -2.52. The maximum absolute atomic E-state index is 12.6. The molecule has 0 radical (unpaired) electrons. The minimum atomic E-state index is -1.62. The van der Waals surface area contributed by atoms with Crippen LogP contribution in [0, 0.1) is 80.8 Å². The van der Waals surface area contributed by atoms with Crippen molar-refractivity contribution in [2.45, 2.75) is 228 Å². The smallest absolute Gasteiger partial charge is 0.407 e. The second kappa shape index (κ2) is 25.0. The van der Waals surface area contributed by atoms with E-state index in [1.54, 1.807) is 11.1 Å². The van der Waals surface area contributed by atoms with Crippen molar-refractivity contribution in [2.24, 2.45) is 80.8 Å². The normalized spacial score (nSPS) is 38.9. The number of unbranched alkanes of at least 4 members (excludes halogenated alkanes) is 4. The number of rotatable bonds is 20. The number of ether oxygens (including phenoxy) is 3. The number of aliphatic hydroxyl groups excluding tert-OH is 2. The number of carbonyl (C=O) groups excluding carboxylic acids is 2. The number of alkyl carbamates (subject to hydrolysis) is 2. The third-order valence-electron chi connectivity index (χ3n) is 22.7. The molecule has 0 aromatic rings. The SMILES string of the molecule is CC(NC(=O)OCC(Cl)(Cl)Cl)[C@H]1CC[C@H]2[C@@H]3CC=C4C[C@@H]([C@H](O)CCCCCOCCCCC[C@@H](O)[C@H]5CC[C@@]6(C)C(=CC[C@H]7[C@@H]8CC[C@H](C(C)NC(=O)OCC(Cl)(Cl)Cl)[C@@]8(C)CC[C@@H]76)C5)CC[C@]4(C)[C@H]3CC[C@]12C. The zero-order valence-electron chi connectivity index (χ0n) is 46.2. The summed E-state index contributed by atoms with van der Waals surface area (Å²) < 4.78 is 13.2. The van der Waals surface area contributed by atoms with Crippen molar-refractivity contribution in [3.05, 3.63) is 23.3 Å². The van der Waals surface area contributed by atoms with Crippen molar-refractivity contribution in [3.63, 3.8) is 0 Å². The lowest BCUT2D eigenvalue weighted by atomic mass is 9.46. The van der Waals surface area contributed by atoms with E-state index in [-0.39, 0.29) is 59.2 Å². The Balaban J connectivity index is 0.677. The van der Waals surface area contributed by atoms with Crippen LogP contribution >= 0.6 is 69.6 Å². The van der Waals surface area contributed by atoms with Crippen LogP contribution in [0.15, 0.2) is 23.3 Å². The summed E-state index contributed by atoms with van der Waals surface area (Å²) in [5.41, 5.74) is 4.01. The van der Waals surface area contributed by atoms with Gasteiger partial charge < -0.3 is 35.1 Å². The van der Waals surface area contributed by atoms with Crippen molar-refractivity contribution in [1.29, 1.82) is 0 Å². The van der Waals surface area contributed by atoms with E-state index in [1.165, 1.54) is 51.4 Å². The molecular weight excluding hydrogens is 1070 g/mol. The van der Waals surface area contributed by atoms with Crippen molar-refractivity contribution < 1.29 is 34.0 Å². The quantitative estimate of drug-likeness (QED) is 0.0543. The van der Waals surface area contributed by atoms with E-state index in [9.17, 15) is 19.8 Å². The monoisotopic (exact) mass is 1160 g/mol. The second-order valence-electron chi connectivity index (χ2n) is 26.7. The molecule has 0 heterocycles. The predicted octanol–water partition coefficient (Wildman–Crippen LogP) is 16.2. The number of hydrogen-bond donors (Lipinski definition) is 4. The van der Waals surface area contributed by atoms with Gasteiger partial charge in [-0.15, -0.1) is 0 Å². The molecule has 18 atom stereocenters. The summed E-state index contributed by atoms with van der Waals surface area (Å²) in [5.74, 6) is 5.46. The highest BCUT2D eigenvalue weighted by molar-refractivity contribution is 6.68. The Morgan fingerprint density at radius 3 is 1.36 bits per heavy atom. The van der Waals surface area contributed by atoms with Crippen LogP contribution in [0.3, 0.4) is 0 Å². The number of alkyl halides is 6. The molecule has 0 spiro atoms. The standard InChI is InChI=1S/C60H94Cl6N2O7/c1-37(67-53(71)74-35-59(61,62)63)45-19-21-47-43-17-15-41-33-39(23-27-55(41,3)49(43)25-29-57(45,47)5)51(69)13-9-7-11-31-73-32-12-8-10-14-52(70)40-24-28-56(4)42(34-40)16-18-44-48-22-20-46(58(48,6)30-26-50(44)56)38(2)68-54(72)75-36-60(64,65)66/h15-16,37-40,43-52,69-70H,7-14,17-36H2,1-6H3,(H,67,71)(H,68,72)/t37?,38?,39-,40-,43-,44-,45+,46+,47-,48-,49-,50-,51+,52+,55-,56-,57+,58+/m0/s1. The third kappa shape index (κ3) is 13.8. The van der Waals surface area contributed by atoms with Crippen molar-refractivity contribution in [3.8, 4) is 0 Å². The Morgan fingerprint density at radius 1 is 0.573 bits per heavy atom. The molecule has 6 saturated carbocycles. The van der Waals surface area contributed by atoms with Gasteiger partial charge >= 0.3 is 12.2 Å². The van der Waals surface area contributed by atoms with E-state index in [0.29, 0.717) is 59.2 Å². The van der Waals surface area contributed by atoms with Gasteiger partial charge in [-0.2, -0.15) is 0 Å². The summed E-state index contributed by atoms with van der Waals surface area (Å²) in [6.45, 7) is 15.3. The minimum Gasteiger partial charge on any atom is -0.445 e. The highest BCUT2D eigenvalue weighted by Gasteiger charge is 2.61. The van der Waals surface area contributed by atoms with Crippen LogP contribution in [0.5, 0.6) is 0 Å². The van der Waals surface area contributed by atoms with Gasteiger partial charge in [0.05, 0.1) is 12.2 Å². The molecule has 0 saturated heterocycles. The molecule has 2 unspecified atom stereocenters. The first-order valence-corrected chi connectivity index (χ1v) is 32.0. The second-order valence-corrected chi connectivity index (χ2v) is 31.7. The first-order chi connectivity index (χ1) is 35.4. The van der Waals surface area contributed by atoms with Gasteiger partial charge in [-0.25, -0.2) is 9.59 Å². The van der Waals surface area contributed by atoms with E-state index < -0.39 is 19.8 Å². The summed E-state index contributed by atoms with van der Waals surface area (Å²) in [5, 5.41) is 29.0. The van der Waals surface area contributed by atoms with Crippen LogP contribution in [0.4, 0.5) is 9.59 Å². The molecule has 15 heteroatoms. The molecule has 428 valence electrons. The number of hydrogen-bond acceptors (Lipinski definition) is 7. The van der Waals surface area contributed by atoms with Gasteiger partial charge in [0, 0.05) is 25.3 Å². The highest BCUT2D eigenvalue weighted by atomic mass is 35.6. The van der Waals surface area contributed by atoms with Gasteiger partial charge in [-0.05, 0) is 223 Å². The Hall–Kier alpha value is -0.360. The van der Waals surface area contributed by atoms with Crippen molar-refractivity contribution in [1.82, 2.24) is 10.6 Å². The van der Waals surface area contributed by atoms with Crippen molar-refractivity contribution >= 4 is 81.8 Å². The van der Waals surface area contributed by atoms with Crippen LogP contribution in [0.1, 0.15) is 196 Å². The molecule has 8 aliphatic carbocycles. The molecular formula is C60H94Cl6N2O7. The van der Waals surface area contributed by atoms with Crippen LogP contribution in [-0.2, 0) is 14.2 Å². The summed E-state index contributed by atoms with van der Waals surface area (Å²) >= 11 is 34.9. The largest absolute Gasteiger partial charge is 0.445 e. The fourth-order valence-electron chi connectivity index (χ4n) is 18.8. The maximum atomic E-state index is 12.6. The first-order valence-electron chi connectivity index (χ1n) is 29.7. The number of nitrogens with one attached hydrogen (secondary N) is 2. The van der Waals surface area contributed by atoms with E-state index >= 15 is 0 Å². The maximum Gasteiger partial charge on any atom is 0.407 e. The molecule has 2 amide bonds. The number of halogens is 6. The minimum absolute atomic E-state index is 0.0157. The summed E-state index contributed by atoms with van der Waals surface area (Å²) in [6.07, 6.45) is 30.0. The Kier molecular flexibility index (Phi) is 20.3. The molecule has 0 aliphatic heterocycles. The number of aliphatic hydroxyl groups is 2. The lowest BCUT2D eigenvalue weighted by molar-refractivity contribution is -0.0537. The van der Waals surface area contributed by atoms with Crippen LogP contribution in [-0.4, -0.2) is 80.7 Å². The van der Waals surface area contributed by atoms with Crippen molar-refractivity contribution in [2.75, 3.05) is 26.4 Å². The van der Waals surface area contributed by atoms with E-state index in [1.807, 2.05) is 0 Å². The fraction of sp³-hybridized carbons (Fsp3) is 0.900. The van der Waals surface area contributed by atoms with Crippen LogP contribution in [0.25, 0.3) is 0 Å². The van der Waals surface area contributed by atoms with Gasteiger partial charge in [-0.3, -0.25) is 0 Å². The zero-order valence-corrected chi connectivity index (χ0v) is 50.8. The Bertz CT molecular complexity index is 1880. The fourth-order valence-corrected chi connectivity index (χ4v) is 19.1. The van der Waals surface area contributed by atoms with Gasteiger partial charge in [0.25, 0.3) is 0 Å². The molecule has 0 bridgehead atoms. The van der Waals surface area contributed by atoms with Gasteiger partial charge in [-0.1, -0.05) is 146 Å². The Labute approximate surface area is 481 Å². The summed E-state index contributed by atoms with van der Waals surface area (Å²) in [6, 6.07) is -0.0314. The predicted molar refractivity (Wildman–Crippen MR) is 306 cm³/mol. The topological polar surface area (TPSA) is 126 Å². The van der Waals surface area contributed by atoms with Crippen LogP contribution < -0.4 is 10.6 Å². The average Bonchev–Trinajstić information content (AvgIpc) is 3.90. The van der Waals surface area contributed by atoms with E-state index in [4.69, 9.17) is 83.8 Å². The molecule has 0 aromatic heterocycles. The van der Waals surface area contributed by atoms with Crippen LogP contribution in [0.2, 0.25) is 0 Å². The molecule has 4 N–H and O–H groups in total. The van der Waals surface area contributed by atoms with Gasteiger partial charge in [0.1, 0.15) is 13.2 Å². The van der Waals surface area contributed by atoms with Gasteiger partial charge in [0.2, 0.25) is 7.59 Å². The van der Waals surface area contributed by atoms with E-state index in [2.05, 4.69) is 64.3 Å². The van der Waals surface area contributed by atoms with Gasteiger partial charge in [0.15, 0.2) is 0 Å². The highest BCUT2D eigenvalue weighted by Crippen LogP contribution is 2.69. The summed E-state index contributed by atoms with van der Waals surface area (Å²) in [7, 11) is 0. The number of amides is 2. The zero-order chi connectivity index (χ0) is 54.1.